The molecule has 0 aliphatic carbocycles. The molecule has 1 aromatic carbocycles. The van der Waals surface area contributed by atoms with Crippen LogP contribution in [-0.4, -0.2) is 16.7 Å². The van der Waals surface area contributed by atoms with Crippen molar-refractivity contribution >= 4 is 17.5 Å². The normalized spacial score (nSPS) is 10.9. The average Bonchev–Trinajstić information content (AvgIpc) is 2.37. The minimum atomic E-state index is -0.587. The lowest BCUT2D eigenvalue weighted by atomic mass is 10.2. The van der Waals surface area contributed by atoms with Crippen molar-refractivity contribution < 1.29 is 14.5 Å². The third-order valence-corrected chi connectivity index (χ3v) is 2.36. The molecule has 0 heterocycles. The molecule has 0 unspecified atom stereocenters. The second-order valence-electron chi connectivity index (χ2n) is 3.56. The molecule has 1 aromatic rings. The van der Waals surface area contributed by atoms with E-state index in [4.69, 9.17) is 0 Å². The van der Waals surface area contributed by atoms with Gasteiger partial charge in [-0.25, -0.2) is 0 Å². The first kappa shape index (κ1) is 13.6. The molecule has 0 atom stereocenters. The van der Waals surface area contributed by atoms with Gasteiger partial charge >= 0.3 is 0 Å². The summed E-state index contributed by atoms with van der Waals surface area (Å²) in [5.41, 5.74) is 0.505. The minimum Gasteiger partial charge on any atom is -0.288 e. The topological polar surface area (TPSA) is 89.3 Å². The Kier molecular flexibility index (Phi) is 4.31. The Balaban J connectivity index is 2.79. The molecule has 0 radical (unpaired) electrons. The van der Waals surface area contributed by atoms with Crippen molar-refractivity contribution in [1.82, 2.24) is 5.32 Å². The fraction of sp³-hybridized carbons (Fsp3) is 0.167. The van der Waals surface area contributed by atoms with Crippen LogP contribution in [-0.2, 0) is 4.79 Å². The maximum Gasteiger partial charge on any atom is 0.269 e. The number of hydrogen-bond donors (Lipinski definition) is 1. The van der Waals surface area contributed by atoms with Gasteiger partial charge in [0, 0.05) is 23.3 Å². The van der Waals surface area contributed by atoms with E-state index < -0.39 is 16.7 Å². The summed E-state index contributed by atoms with van der Waals surface area (Å²) >= 11 is 0. The number of nitro groups is 1. The lowest BCUT2D eigenvalue weighted by Gasteiger charge is -2.03. The molecule has 1 rings (SSSR count). The van der Waals surface area contributed by atoms with Crippen LogP contribution in [0.1, 0.15) is 24.2 Å². The minimum absolute atomic E-state index is 0.109. The monoisotopic (exact) mass is 248 g/mol. The van der Waals surface area contributed by atoms with Crippen LogP contribution < -0.4 is 5.32 Å². The van der Waals surface area contributed by atoms with Gasteiger partial charge in [-0.15, -0.1) is 0 Å². The molecule has 0 aromatic heterocycles. The number of amides is 2. The van der Waals surface area contributed by atoms with Crippen molar-refractivity contribution in [3.8, 4) is 0 Å². The highest BCUT2D eigenvalue weighted by molar-refractivity contribution is 6.09. The maximum atomic E-state index is 11.6. The molecule has 2 amide bonds. The summed E-state index contributed by atoms with van der Waals surface area (Å²) < 4.78 is 0. The van der Waals surface area contributed by atoms with E-state index in [1.807, 2.05) is 0 Å². The lowest BCUT2D eigenvalue weighted by molar-refractivity contribution is -0.384. The summed E-state index contributed by atoms with van der Waals surface area (Å²) in [5.74, 6) is -1.07. The summed E-state index contributed by atoms with van der Waals surface area (Å²) in [4.78, 5) is 32.9. The lowest BCUT2D eigenvalue weighted by Crippen LogP contribution is -2.30. The molecule has 0 saturated heterocycles. The first-order chi connectivity index (χ1) is 8.45. The van der Waals surface area contributed by atoms with Crippen molar-refractivity contribution in [2.24, 2.45) is 0 Å². The Morgan fingerprint density at radius 3 is 2.28 bits per heavy atom. The highest BCUT2D eigenvalue weighted by atomic mass is 16.6. The quantitative estimate of drug-likeness (QED) is 0.502. The average molecular weight is 248 g/mol. The first-order valence-corrected chi connectivity index (χ1v) is 5.18. The number of carbonyl (C=O) groups is 2. The van der Waals surface area contributed by atoms with Crippen LogP contribution in [0.15, 0.2) is 35.9 Å². The van der Waals surface area contributed by atoms with Gasteiger partial charge in [-0.1, -0.05) is 6.08 Å². The summed E-state index contributed by atoms with van der Waals surface area (Å²) in [5, 5.41) is 12.6. The highest BCUT2D eigenvalue weighted by Crippen LogP contribution is 2.11. The van der Waals surface area contributed by atoms with Crippen molar-refractivity contribution in [2.75, 3.05) is 0 Å². The molecular formula is C12H12N2O4. The molecule has 0 aliphatic heterocycles. The van der Waals surface area contributed by atoms with E-state index in [9.17, 15) is 19.7 Å². The standard InChI is InChI=1S/C12H12N2O4/c1-3-8(2)11(15)13-12(16)9-4-6-10(7-5-9)14(17)18/h3-7H,1-2H3,(H,13,15,16)/b8-3+. The Bertz CT molecular complexity index is 517. The molecule has 0 spiro atoms. The number of carbonyl (C=O) groups excluding carboxylic acids is 2. The number of imide groups is 1. The van der Waals surface area contributed by atoms with Gasteiger partial charge in [0.2, 0.25) is 0 Å². The summed E-state index contributed by atoms with van der Waals surface area (Å²) in [6.45, 7) is 3.27. The molecular weight excluding hydrogens is 236 g/mol. The molecule has 6 nitrogen and oxygen atoms in total. The molecule has 0 saturated carbocycles. The van der Waals surface area contributed by atoms with Crippen molar-refractivity contribution in [3.63, 3.8) is 0 Å². The largest absolute Gasteiger partial charge is 0.288 e. The molecule has 0 fully saturated rings. The fourth-order valence-electron chi connectivity index (χ4n) is 1.14. The van der Waals surface area contributed by atoms with E-state index in [0.29, 0.717) is 5.57 Å². The van der Waals surface area contributed by atoms with E-state index in [1.165, 1.54) is 24.3 Å². The summed E-state index contributed by atoms with van der Waals surface area (Å²) in [6, 6.07) is 5.02. The zero-order valence-corrected chi connectivity index (χ0v) is 9.97. The molecule has 1 N–H and O–H groups in total. The SMILES string of the molecule is C/C=C(\C)C(=O)NC(=O)c1ccc([N+](=O)[O-])cc1. The molecule has 6 heteroatoms. The van der Waals surface area contributed by atoms with Crippen molar-refractivity contribution in [1.29, 1.82) is 0 Å². The zero-order valence-electron chi connectivity index (χ0n) is 9.97. The third kappa shape index (κ3) is 3.24. The highest BCUT2D eigenvalue weighted by Gasteiger charge is 2.12. The number of non-ortho nitro benzene ring substituents is 1. The zero-order chi connectivity index (χ0) is 13.7. The maximum absolute atomic E-state index is 11.6. The van der Waals surface area contributed by atoms with Gasteiger partial charge in [-0.2, -0.15) is 0 Å². The number of allylic oxidation sites excluding steroid dienone is 1. The number of nitrogens with one attached hydrogen (secondary N) is 1. The van der Waals surface area contributed by atoms with E-state index in [-0.39, 0.29) is 11.3 Å². The van der Waals surface area contributed by atoms with E-state index in [1.54, 1.807) is 19.9 Å². The fourth-order valence-corrected chi connectivity index (χ4v) is 1.14. The van der Waals surface area contributed by atoms with Gasteiger partial charge in [0.15, 0.2) is 0 Å². The van der Waals surface area contributed by atoms with Crippen LogP contribution in [0.5, 0.6) is 0 Å². The van der Waals surface area contributed by atoms with E-state index in [0.717, 1.165) is 0 Å². The number of hydrogen-bond acceptors (Lipinski definition) is 4. The molecule has 0 aliphatic rings. The van der Waals surface area contributed by atoms with Crippen LogP contribution in [0.2, 0.25) is 0 Å². The second kappa shape index (κ2) is 5.72. The smallest absolute Gasteiger partial charge is 0.269 e. The van der Waals surface area contributed by atoms with Gasteiger partial charge < -0.3 is 0 Å². The predicted molar refractivity (Wildman–Crippen MR) is 65.0 cm³/mol. The van der Waals surface area contributed by atoms with Crippen LogP contribution in [0, 0.1) is 10.1 Å². The number of nitro benzene ring substituents is 1. The Labute approximate surface area is 103 Å². The Morgan fingerprint density at radius 2 is 1.83 bits per heavy atom. The molecule has 94 valence electrons. The van der Waals surface area contributed by atoms with E-state index in [2.05, 4.69) is 5.32 Å². The van der Waals surface area contributed by atoms with Crippen molar-refractivity contribution in [2.45, 2.75) is 13.8 Å². The first-order valence-electron chi connectivity index (χ1n) is 5.18. The van der Waals surface area contributed by atoms with Gasteiger partial charge in [0.25, 0.3) is 17.5 Å². The van der Waals surface area contributed by atoms with Crippen LogP contribution in [0.4, 0.5) is 5.69 Å². The number of nitrogens with zero attached hydrogens (tertiary/aromatic N) is 1. The van der Waals surface area contributed by atoms with Gasteiger partial charge in [0.1, 0.15) is 0 Å². The Hall–Kier alpha value is -2.50. The summed E-state index contributed by atoms with van der Waals surface area (Å²) in [6.07, 6.45) is 1.58. The predicted octanol–water partition coefficient (Wildman–Crippen LogP) is 1.82. The van der Waals surface area contributed by atoms with Crippen LogP contribution in [0.3, 0.4) is 0 Å². The van der Waals surface area contributed by atoms with Gasteiger partial charge in [-0.3, -0.25) is 25.0 Å². The third-order valence-electron chi connectivity index (χ3n) is 2.36. The molecule has 18 heavy (non-hydrogen) atoms. The number of benzene rings is 1. The second-order valence-corrected chi connectivity index (χ2v) is 3.56. The van der Waals surface area contributed by atoms with Crippen LogP contribution >= 0.6 is 0 Å². The van der Waals surface area contributed by atoms with Gasteiger partial charge in [-0.05, 0) is 26.0 Å². The number of rotatable bonds is 3. The summed E-state index contributed by atoms with van der Waals surface area (Å²) in [7, 11) is 0. The van der Waals surface area contributed by atoms with E-state index >= 15 is 0 Å². The van der Waals surface area contributed by atoms with Crippen molar-refractivity contribution in [3.05, 3.63) is 51.6 Å². The Morgan fingerprint density at radius 1 is 1.28 bits per heavy atom. The van der Waals surface area contributed by atoms with Crippen LogP contribution in [0.25, 0.3) is 0 Å². The van der Waals surface area contributed by atoms with Gasteiger partial charge in [0.05, 0.1) is 4.92 Å². The molecule has 0 bridgehead atoms.